The van der Waals surface area contributed by atoms with Gasteiger partial charge in [0.25, 0.3) is 5.91 Å². The number of nitrogens with zero attached hydrogens (tertiary/aromatic N) is 2. The van der Waals surface area contributed by atoms with Gasteiger partial charge in [0.1, 0.15) is 19.0 Å². The minimum absolute atomic E-state index is 0.187. The number of carbonyl (C=O) groups is 1. The summed E-state index contributed by atoms with van der Waals surface area (Å²) in [7, 11) is 0. The van der Waals surface area contributed by atoms with Crippen LogP contribution in [0.1, 0.15) is 16.1 Å². The monoisotopic (exact) mass is 362 g/mol. The molecule has 0 spiro atoms. The Balaban J connectivity index is 1.43. The number of hydrogen-bond acceptors (Lipinski definition) is 6. The minimum atomic E-state index is -0.187. The van der Waals surface area contributed by atoms with Crippen LogP contribution in [0.3, 0.4) is 0 Å². The summed E-state index contributed by atoms with van der Waals surface area (Å²) >= 11 is 0. The van der Waals surface area contributed by atoms with Crippen molar-refractivity contribution in [3.05, 3.63) is 72.2 Å². The molecule has 136 valence electrons. The van der Waals surface area contributed by atoms with Gasteiger partial charge in [-0.15, -0.1) is 0 Å². The van der Waals surface area contributed by atoms with Crippen molar-refractivity contribution in [3.63, 3.8) is 0 Å². The van der Waals surface area contributed by atoms with Crippen LogP contribution in [0.4, 0.5) is 11.5 Å². The van der Waals surface area contributed by atoms with E-state index in [1.54, 1.807) is 24.5 Å². The van der Waals surface area contributed by atoms with Crippen LogP contribution in [0.25, 0.3) is 0 Å². The molecule has 1 aromatic carbocycles. The molecule has 1 amide bonds. The topological polar surface area (TPSA) is 85.4 Å². The number of ether oxygens (including phenoxy) is 2. The van der Waals surface area contributed by atoms with Gasteiger partial charge >= 0.3 is 0 Å². The van der Waals surface area contributed by atoms with Gasteiger partial charge in [0, 0.05) is 29.7 Å². The highest BCUT2D eigenvalue weighted by atomic mass is 16.6. The quantitative estimate of drug-likeness (QED) is 0.726. The Labute approximate surface area is 156 Å². The molecular formula is C20H18N4O3. The first kappa shape index (κ1) is 16.8. The third-order valence-corrected chi connectivity index (χ3v) is 3.99. The molecule has 0 saturated heterocycles. The fourth-order valence-electron chi connectivity index (χ4n) is 2.68. The highest BCUT2D eigenvalue weighted by molar-refractivity contribution is 5.94. The van der Waals surface area contributed by atoms with Gasteiger partial charge in [0.15, 0.2) is 11.5 Å². The number of fused-ring (bicyclic) bond motifs is 1. The van der Waals surface area contributed by atoms with Crippen LogP contribution >= 0.6 is 0 Å². The summed E-state index contributed by atoms with van der Waals surface area (Å²) in [6, 6.07) is 14.5. The number of rotatable bonds is 5. The molecule has 1 aliphatic heterocycles. The van der Waals surface area contributed by atoms with Crippen LogP contribution in [0, 0.1) is 0 Å². The molecule has 0 unspecified atom stereocenters. The highest BCUT2D eigenvalue weighted by Gasteiger charge is 2.12. The zero-order valence-corrected chi connectivity index (χ0v) is 14.5. The first-order chi connectivity index (χ1) is 13.3. The van der Waals surface area contributed by atoms with Crippen molar-refractivity contribution < 1.29 is 14.3 Å². The smallest absolute Gasteiger partial charge is 0.251 e. The van der Waals surface area contributed by atoms with E-state index < -0.39 is 0 Å². The number of nitrogens with one attached hydrogen (secondary N) is 2. The average molecular weight is 362 g/mol. The molecule has 0 saturated carbocycles. The molecule has 1 aliphatic rings. The maximum absolute atomic E-state index is 12.4. The van der Waals surface area contributed by atoms with E-state index in [0.717, 1.165) is 17.1 Å². The Hall–Kier alpha value is -3.61. The van der Waals surface area contributed by atoms with Crippen molar-refractivity contribution in [1.82, 2.24) is 15.3 Å². The second kappa shape index (κ2) is 7.74. The van der Waals surface area contributed by atoms with Crippen molar-refractivity contribution in [2.24, 2.45) is 0 Å². The lowest BCUT2D eigenvalue weighted by atomic mass is 10.2. The van der Waals surface area contributed by atoms with E-state index >= 15 is 0 Å². The minimum Gasteiger partial charge on any atom is -0.486 e. The van der Waals surface area contributed by atoms with Gasteiger partial charge in [-0.1, -0.05) is 6.07 Å². The predicted octanol–water partition coefficient (Wildman–Crippen LogP) is 2.92. The van der Waals surface area contributed by atoms with E-state index in [-0.39, 0.29) is 5.91 Å². The summed E-state index contributed by atoms with van der Waals surface area (Å²) in [4.78, 5) is 20.8. The number of benzene rings is 1. The Morgan fingerprint density at radius 3 is 2.70 bits per heavy atom. The SMILES string of the molecule is O=C(NCc1ccccn1)c1ccnc(Nc2ccc3c(c2)OCCO3)c1. The molecule has 4 rings (SSSR count). The van der Waals surface area contributed by atoms with Crippen LogP contribution in [-0.4, -0.2) is 29.1 Å². The normalized spacial score (nSPS) is 12.3. The lowest BCUT2D eigenvalue weighted by Crippen LogP contribution is -2.23. The molecule has 27 heavy (non-hydrogen) atoms. The zero-order chi connectivity index (χ0) is 18.5. The van der Waals surface area contributed by atoms with Crippen LogP contribution in [-0.2, 0) is 6.54 Å². The Morgan fingerprint density at radius 1 is 0.963 bits per heavy atom. The standard InChI is InChI=1S/C20H18N4O3/c25-20(23-13-16-3-1-2-7-21-16)14-6-8-22-19(11-14)24-15-4-5-17-18(12-15)27-10-9-26-17/h1-8,11-12H,9-10,13H2,(H,22,24)(H,23,25). The van der Waals surface area contributed by atoms with Crippen LogP contribution in [0.15, 0.2) is 60.9 Å². The summed E-state index contributed by atoms with van der Waals surface area (Å²) in [6.07, 6.45) is 3.29. The number of amides is 1. The molecule has 0 fully saturated rings. The van der Waals surface area contributed by atoms with E-state index in [2.05, 4.69) is 20.6 Å². The fraction of sp³-hybridized carbons (Fsp3) is 0.150. The second-order valence-corrected chi connectivity index (χ2v) is 5.92. The molecule has 0 radical (unpaired) electrons. The number of carbonyl (C=O) groups excluding carboxylic acids is 1. The van der Waals surface area contributed by atoms with Crippen molar-refractivity contribution in [3.8, 4) is 11.5 Å². The maximum Gasteiger partial charge on any atom is 0.251 e. The van der Waals surface area contributed by atoms with Gasteiger partial charge in [-0.3, -0.25) is 9.78 Å². The molecule has 2 N–H and O–H groups in total. The van der Waals surface area contributed by atoms with Gasteiger partial charge < -0.3 is 20.1 Å². The molecule has 3 heterocycles. The van der Waals surface area contributed by atoms with Gasteiger partial charge in [0.05, 0.1) is 12.2 Å². The van der Waals surface area contributed by atoms with E-state index in [1.807, 2.05) is 36.4 Å². The van der Waals surface area contributed by atoms with Gasteiger partial charge in [0.2, 0.25) is 0 Å². The molecule has 0 aliphatic carbocycles. The molecule has 3 aromatic rings. The molecule has 7 heteroatoms. The molecule has 0 bridgehead atoms. The van der Waals surface area contributed by atoms with Crippen molar-refractivity contribution >= 4 is 17.4 Å². The van der Waals surface area contributed by atoms with Crippen LogP contribution < -0.4 is 20.1 Å². The van der Waals surface area contributed by atoms with E-state index in [9.17, 15) is 4.79 Å². The second-order valence-electron chi connectivity index (χ2n) is 5.92. The van der Waals surface area contributed by atoms with E-state index in [0.29, 0.717) is 36.9 Å². The maximum atomic E-state index is 12.4. The first-order valence-corrected chi connectivity index (χ1v) is 8.59. The lowest BCUT2D eigenvalue weighted by molar-refractivity contribution is 0.0950. The largest absolute Gasteiger partial charge is 0.486 e. The third-order valence-electron chi connectivity index (χ3n) is 3.99. The third kappa shape index (κ3) is 4.14. The average Bonchev–Trinajstić information content (AvgIpc) is 2.73. The summed E-state index contributed by atoms with van der Waals surface area (Å²) in [5.41, 5.74) is 2.12. The lowest BCUT2D eigenvalue weighted by Gasteiger charge is -2.19. The molecular weight excluding hydrogens is 344 g/mol. The summed E-state index contributed by atoms with van der Waals surface area (Å²) < 4.78 is 11.1. The van der Waals surface area contributed by atoms with Crippen molar-refractivity contribution in [2.75, 3.05) is 18.5 Å². The molecule has 0 atom stereocenters. The number of aromatic nitrogens is 2. The number of hydrogen-bond donors (Lipinski definition) is 2. The van der Waals surface area contributed by atoms with Crippen LogP contribution in [0.5, 0.6) is 11.5 Å². The molecule has 2 aromatic heterocycles. The highest BCUT2D eigenvalue weighted by Crippen LogP contribution is 2.33. The van der Waals surface area contributed by atoms with Crippen molar-refractivity contribution in [2.45, 2.75) is 6.54 Å². The number of pyridine rings is 2. The van der Waals surface area contributed by atoms with Gasteiger partial charge in [-0.25, -0.2) is 4.98 Å². The van der Waals surface area contributed by atoms with Crippen LogP contribution in [0.2, 0.25) is 0 Å². The predicted molar refractivity (Wildman–Crippen MR) is 100 cm³/mol. The Bertz CT molecular complexity index is 947. The Kier molecular flexibility index (Phi) is 4.82. The summed E-state index contributed by atoms with van der Waals surface area (Å²) in [5.74, 6) is 1.79. The van der Waals surface area contributed by atoms with Gasteiger partial charge in [-0.05, 0) is 36.4 Å². The first-order valence-electron chi connectivity index (χ1n) is 8.59. The summed E-state index contributed by atoms with van der Waals surface area (Å²) in [6.45, 7) is 1.45. The molecule has 7 nitrogen and oxygen atoms in total. The van der Waals surface area contributed by atoms with E-state index in [1.165, 1.54) is 0 Å². The fourth-order valence-corrected chi connectivity index (χ4v) is 2.68. The van der Waals surface area contributed by atoms with E-state index in [4.69, 9.17) is 9.47 Å². The van der Waals surface area contributed by atoms with Gasteiger partial charge in [-0.2, -0.15) is 0 Å². The zero-order valence-electron chi connectivity index (χ0n) is 14.5. The van der Waals surface area contributed by atoms with Crippen molar-refractivity contribution in [1.29, 1.82) is 0 Å². The Morgan fingerprint density at radius 2 is 1.85 bits per heavy atom. The number of anilines is 2. The summed E-state index contributed by atoms with van der Waals surface area (Å²) in [5, 5.41) is 6.04.